The fourth-order valence-electron chi connectivity index (χ4n) is 8.60. The first-order valence-corrected chi connectivity index (χ1v) is 17.5. The predicted octanol–water partition coefficient (Wildman–Crippen LogP) is 7.79. The van der Waals surface area contributed by atoms with Gasteiger partial charge < -0.3 is 5.11 Å². The standard InChI is InChI=1S/C38H27BrCl2FN3O5/c39-20-3-16-31(46)29(17-20)33-26-14-15-27-32(36(49)44(34(27)47)25-12-6-22(41)7-13-25)28(26)18-30-35(48)45(43-24-10-8-23(42)9-11-24)37(50)38(30,33)19-1-4-21(40)5-2-19/h1-14,16-17,27-28,30,32-33,43,46H,15,18H2. The minimum atomic E-state index is -1.61. The van der Waals surface area contributed by atoms with Crippen molar-refractivity contribution in [2.45, 2.75) is 24.2 Å². The van der Waals surface area contributed by atoms with Gasteiger partial charge in [-0.2, -0.15) is 5.01 Å². The summed E-state index contributed by atoms with van der Waals surface area (Å²) in [5.41, 5.74) is 3.58. The number of rotatable bonds is 5. The number of carbonyl (C=O) groups excluding carboxylic acids is 4. The van der Waals surface area contributed by atoms with Crippen LogP contribution in [0.25, 0.3) is 0 Å². The van der Waals surface area contributed by atoms with Crippen LogP contribution >= 0.6 is 39.1 Å². The van der Waals surface area contributed by atoms with Crippen molar-refractivity contribution in [2.75, 3.05) is 10.3 Å². The molecule has 2 N–H and O–H groups in total. The van der Waals surface area contributed by atoms with Gasteiger partial charge in [-0.3, -0.25) is 29.5 Å². The van der Waals surface area contributed by atoms with Gasteiger partial charge in [0.25, 0.3) is 11.8 Å². The lowest BCUT2D eigenvalue weighted by molar-refractivity contribution is -0.138. The predicted molar refractivity (Wildman–Crippen MR) is 189 cm³/mol. The van der Waals surface area contributed by atoms with E-state index < -0.39 is 58.5 Å². The Kier molecular flexibility index (Phi) is 7.89. The summed E-state index contributed by atoms with van der Waals surface area (Å²) in [6, 6.07) is 23.4. The first-order valence-electron chi connectivity index (χ1n) is 16.0. The fraction of sp³-hybridized carbons (Fsp3) is 0.211. The van der Waals surface area contributed by atoms with E-state index in [1.165, 1.54) is 35.2 Å². The van der Waals surface area contributed by atoms with Gasteiger partial charge in [0.2, 0.25) is 11.8 Å². The highest BCUT2D eigenvalue weighted by atomic mass is 79.9. The molecule has 1 saturated carbocycles. The molecule has 2 aliphatic carbocycles. The molecule has 0 radical (unpaired) electrons. The second kappa shape index (κ2) is 12.1. The quantitative estimate of drug-likeness (QED) is 0.159. The molecule has 4 aromatic carbocycles. The molecule has 8 rings (SSSR count). The maximum Gasteiger partial charge on any atom is 0.260 e. The SMILES string of the molecule is O=C1C2CC3C(=CCC4C(=O)N(c5ccc(Cl)cc5)C(=O)C43)C(c3cc(Br)ccc3O)C2(c2ccc(Cl)cc2)C(=O)N1Nc1ccc(F)cc1. The molecule has 3 fully saturated rings. The molecule has 50 heavy (non-hydrogen) atoms. The summed E-state index contributed by atoms with van der Waals surface area (Å²) in [5.74, 6) is -6.57. The highest BCUT2D eigenvalue weighted by Crippen LogP contribution is 2.65. The summed E-state index contributed by atoms with van der Waals surface area (Å²) >= 11 is 16.0. The minimum Gasteiger partial charge on any atom is -0.508 e. The summed E-state index contributed by atoms with van der Waals surface area (Å²) in [6.07, 6.45) is 2.20. The minimum absolute atomic E-state index is 0.0700. The number of anilines is 2. The molecule has 12 heteroatoms. The summed E-state index contributed by atoms with van der Waals surface area (Å²) in [7, 11) is 0. The number of imide groups is 2. The van der Waals surface area contributed by atoms with Crippen LogP contribution in [0.2, 0.25) is 10.0 Å². The van der Waals surface area contributed by atoms with Crippen molar-refractivity contribution >= 4 is 74.1 Å². The molecule has 6 atom stereocenters. The Morgan fingerprint density at radius 2 is 1.48 bits per heavy atom. The molecule has 0 aromatic heterocycles. The smallest absolute Gasteiger partial charge is 0.260 e. The number of nitrogens with one attached hydrogen (secondary N) is 1. The van der Waals surface area contributed by atoms with Crippen molar-refractivity contribution in [3.05, 3.63) is 134 Å². The van der Waals surface area contributed by atoms with Crippen molar-refractivity contribution < 1.29 is 28.7 Å². The van der Waals surface area contributed by atoms with Crippen LogP contribution in [-0.4, -0.2) is 33.7 Å². The number of nitrogens with zero attached hydrogens (tertiary/aromatic N) is 2. The summed E-state index contributed by atoms with van der Waals surface area (Å²) in [5, 5.41) is 13.4. The molecular formula is C38H27BrCl2FN3O5. The van der Waals surface area contributed by atoms with E-state index in [1.807, 2.05) is 6.08 Å². The van der Waals surface area contributed by atoms with E-state index in [4.69, 9.17) is 23.2 Å². The number of fused-ring (bicyclic) bond motifs is 4. The molecule has 4 aliphatic rings. The highest BCUT2D eigenvalue weighted by Gasteiger charge is 2.70. The van der Waals surface area contributed by atoms with Gasteiger partial charge in [0.1, 0.15) is 11.6 Å². The molecule has 2 heterocycles. The topological polar surface area (TPSA) is 107 Å². The van der Waals surface area contributed by atoms with Gasteiger partial charge in [0.05, 0.1) is 34.5 Å². The molecule has 252 valence electrons. The van der Waals surface area contributed by atoms with Gasteiger partial charge in [0, 0.05) is 26.0 Å². The van der Waals surface area contributed by atoms with Crippen LogP contribution in [0.1, 0.15) is 29.9 Å². The number of halogens is 4. The van der Waals surface area contributed by atoms with E-state index >= 15 is 4.79 Å². The van der Waals surface area contributed by atoms with Crippen LogP contribution in [0.15, 0.2) is 107 Å². The van der Waals surface area contributed by atoms with Crippen LogP contribution in [0.5, 0.6) is 5.75 Å². The number of allylic oxidation sites excluding steroid dienone is 2. The van der Waals surface area contributed by atoms with Crippen molar-refractivity contribution in [3.8, 4) is 5.75 Å². The van der Waals surface area contributed by atoms with Gasteiger partial charge in [0.15, 0.2) is 0 Å². The van der Waals surface area contributed by atoms with E-state index in [-0.39, 0.29) is 24.5 Å². The van der Waals surface area contributed by atoms with E-state index in [0.29, 0.717) is 42.6 Å². The van der Waals surface area contributed by atoms with Crippen LogP contribution < -0.4 is 10.3 Å². The summed E-state index contributed by atoms with van der Waals surface area (Å²) in [4.78, 5) is 59.4. The number of carbonyl (C=O) groups is 4. The highest BCUT2D eigenvalue weighted by molar-refractivity contribution is 9.10. The van der Waals surface area contributed by atoms with E-state index in [2.05, 4.69) is 21.4 Å². The molecule has 4 amide bonds. The second-order valence-electron chi connectivity index (χ2n) is 13.1. The van der Waals surface area contributed by atoms with Crippen molar-refractivity contribution in [3.63, 3.8) is 0 Å². The van der Waals surface area contributed by atoms with Crippen molar-refractivity contribution in [2.24, 2.45) is 23.7 Å². The van der Waals surface area contributed by atoms with Gasteiger partial charge in [-0.25, -0.2) is 4.39 Å². The Bertz CT molecular complexity index is 2130. The summed E-state index contributed by atoms with van der Waals surface area (Å²) < 4.78 is 14.5. The molecule has 0 spiro atoms. The Balaban J connectivity index is 1.33. The molecule has 8 nitrogen and oxygen atoms in total. The maximum absolute atomic E-state index is 15.2. The lowest BCUT2D eigenvalue weighted by Gasteiger charge is -2.50. The van der Waals surface area contributed by atoms with Crippen LogP contribution in [0.3, 0.4) is 0 Å². The average Bonchev–Trinajstić information content (AvgIpc) is 3.48. The van der Waals surface area contributed by atoms with Crippen LogP contribution in [0, 0.1) is 29.5 Å². The lowest BCUT2D eigenvalue weighted by atomic mass is 9.49. The maximum atomic E-state index is 15.2. The van der Waals surface area contributed by atoms with E-state index in [9.17, 15) is 23.9 Å². The van der Waals surface area contributed by atoms with E-state index in [0.717, 1.165) is 5.01 Å². The molecule has 2 saturated heterocycles. The Morgan fingerprint density at radius 1 is 0.820 bits per heavy atom. The number of phenolic OH excluding ortho intramolecular Hbond substituents is 1. The number of hydrogen-bond donors (Lipinski definition) is 2. The third-order valence-electron chi connectivity index (χ3n) is 10.6. The summed E-state index contributed by atoms with van der Waals surface area (Å²) in [6.45, 7) is 0. The van der Waals surface area contributed by atoms with Crippen LogP contribution in [0.4, 0.5) is 15.8 Å². The number of hydrazine groups is 1. The Morgan fingerprint density at radius 3 is 2.16 bits per heavy atom. The number of amides is 4. The first kappa shape index (κ1) is 32.7. The normalized spacial score (nSPS) is 27.2. The monoisotopic (exact) mass is 773 g/mol. The van der Waals surface area contributed by atoms with Crippen LogP contribution in [-0.2, 0) is 24.6 Å². The van der Waals surface area contributed by atoms with Gasteiger partial charge >= 0.3 is 0 Å². The Hall–Kier alpha value is -4.51. The number of aromatic hydroxyl groups is 1. The van der Waals surface area contributed by atoms with Gasteiger partial charge in [-0.05, 0) is 103 Å². The zero-order valence-corrected chi connectivity index (χ0v) is 29.1. The zero-order chi connectivity index (χ0) is 35.1. The molecule has 2 aliphatic heterocycles. The number of phenols is 1. The number of benzene rings is 4. The first-order chi connectivity index (χ1) is 24.0. The third kappa shape index (κ3) is 4.83. The van der Waals surface area contributed by atoms with Crippen molar-refractivity contribution in [1.29, 1.82) is 0 Å². The van der Waals surface area contributed by atoms with Gasteiger partial charge in [-0.1, -0.05) is 62.9 Å². The average molecular weight is 775 g/mol. The number of hydrogen-bond acceptors (Lipinski definition) is 6. The lowest BCUT2D eigenvalue weighted by Crippen LogP contribution is -2.53. The molecule has 4 aromatic rings. The fourth-order valence-corrected chi connectivity index (χ4v) is 9.23. The molecule has 6 unspecified atom stereocenters. The largest absolute Gasteiger partial charge is 0.508 e. The third-order valence-corrected chi connectivity index (χ3v) is 11.6. The molecule has 0 bridgehead atoms. The van der Waals surface area contributed by atoms with Crippen molar-refractivity contribution in [1.82, 2.24) is 5.01 Å². The zero-order valence-electron chi connectivity index (χ0n) is 26.0. The van der Waals surface area contributed by atoms with Gasteiger partial charge in [-0.15, -0.1) is 0 Å². The second-order valence-corrected chi connectivity index (χ2v) is 14.9. The Labute approximate surface area is 304 Å². The molecular weight excluding hydrogens is 748 g/mol. The van der Waals surface area contributed by atoms with E-state index in [1.54, 1.807) is 60.7 Å².